The number of nitrogen functional groups attached to an aromatic ring is 1. The minimum atomic E-state index is -0.634. The first-order valence-corrected chi connectivity index (χ1v) is 7.97. The molecule has 0 fully saturated rings. The Morgan fingerprint density at radius 2 is 1.92 bits per heavy atom. The van der Waals surface area contributed by atoms with E-state index in [1.165, 1.54) is 0 Å². The number of nitrogens with one attached hydrogen (secondary N) is 1. The normalized spacial score (nSPS) is 13.0. The summed E-state index contributed by atoms with van der Waals surface area (Å²) in [5.74, 6) is -0.625. The molecule has 0 bridgehead atoms. The Hall–Kier alpha value is -3.39. The number of imide groups is 1. The fourth-order valence-corrected chi connectivity index (χ4v) is 3.27. The molecule has 1 aromatic carbocycles. The summed E-state index contributed by atoms with van der Waals surface area (Å²) in [5, 5.41) is 2.50. The molecule has 26 heavy (non-hydrogen) atoms. The Bertz CT molecular complexity index is 1160. The van der Waals surface area contributed by atoms with Crippen molar-refractivity contribution in [2.24, 2.45) is 0 Å². The van der Waals surface area contributed by atoms with Crippen molar-refractivity contribution in [2.75, 3.05) is 5.73 Å². The van der Waals surface area contributed by atoms with Gasteiger partial charge in [0.2, 0.25) is 0 Å². The maximum absolute atomic E-state index is 12.5. The van der Waals surface area contributed by atoms with Crippen LogP contribution in [0.4, 0.5) is 5.82 Å². The number of fused-ring (bicyclic) bond motifs is 1. The highest BCUT2D eigenvalue weighted by atomic mass is 35.5. The number of aromatic nitrogens is 3. The molecule has 0 radical (unpaired) electrons. The lowest BCUT2D eigenvalue weighted by Crippen LogP contribution is -2.24. The molecule has 1 aliphatic heterocycles. The molecular formula is C17H12ClN5O3. The summed E-state index contributed by atoms with van der Waals surface area (Å²) in [6.07, 6.45) is 3.42. The Morgan fingerprint density at radius 3 is 2.58 bits per heavy atom. The quantitative estimate of drug-likeness (QED) is 0.664. The molecule has 9 heteroatoms. The summed E-state index contributed by atoms with van der Waals surface area (Å²) in [6, 6.07) is 6.03. The zero-order valence-electron chi connectivity index (χ0n) is 13.5. The van der Waals surface area contributed by atoms with Crippen molar-refractivity contribution in [3.63, 3.8) is 0 Å². The first-order valence-electron chi connectivity index (χ1n) is 7.60. The second-order valence-electron chi connectivity index (χ2n) is 5.76. The molecule has 3 heterocycles. The van der Waals surface area contributed by atoms with Crippen molar-refractivity contribution in [3.05, 3.63) is 69.0 Å². The van der Waals surface area contributed by atoms with Crippen molar-refractivity contribution >= 4 is 29.2 Å². The number of aryl methyl sites for hydroxylation is 1. The summed E-state index contributed by atoms with van der Waals surface area (Å²) in [7, 11) is 0. The molecule has 0 spiro atoms. The van der Waals surface area contributed by atoms with E-state index < -0.39 is 17.4 Å². The first-order chi connectivity index (χ1) is 12.4. The van der Waals surface area contributed by atoms with Crippen LogP contribution < -0.4 is 16.6 Å². The highest BCUT2D eigenvalue weighted by Crippen LogP contribution is 2.27. The number of benzene rings is 1. The van der Waals surface area contributed by atoms with Crippen molar-refractivity contribution in [3.8, 4) is 11.4 Å². The van der Waals surface area contributed by atoms with E-state index in [0.717, 1.165) is 16.5 Å². The van der Waals surface area contributed by atoms with Gasteiger partial charge in [-0.25, -0.2) is 4.98 Å². The van der Waals surface area contributed by atoms with Crippen LogP contribution >= 0.6 is 11.6 Å². The summed E-state index contributed by atoms with van der Waals surface area (Å²) >= 11 is 6.38. The average molecular weight is 370 g/mol. The van der Waals surface area contributed by atoms with Crippen LogP contribution in [-0.2, 0) is 0 Å². The number of carbonyl (C=O) groups excluding carboxylic acids is 2. The average Bonchev–Trinajstić information content (AvgIpc) is 3.11. The van der Waals surface area contributed by atoms with E-state index in [0.29, 0.717) is 16.4 Å². The minimum Gasteiger partial charge on any atom is -0.384 e. The topological polar surface area (TPSA) is 112 Å². The number of anilines is 1. The number of imidazole rings is 1. The summed E-state index contributed by atoms with van der Waals surface area (Å²) in [4.78, 5) is 40.3. The summed E-state index contributed by atoms with van der Waals surface area (Å²) in [5.41, 5.74) is 6.52. The van der Waals surface area contributed by atoms with Crippen molar-refractivity contribution in [2.45, 2.75) is 6.92 Å². The number of nitrogens with zero attached hydrogens (tertiary/aromatic N) is 3. The van der Waals surface area contributed by atoms with Gasteiger partial charge in [-0.2, -0.15) is 0 Å². The van der Waals surface area contributed by atoms with Gasteiger partial charge in [0.25, 0.3) is 17.4 Å². The fraction of sp³-hybridized carbons (Fsp3) is 0.0588. The third-order valence-corrected chi connectivity index (χ3v) is 4.53. The molecule has 0 unspecified atom stereocenters. The highest BCUT2D eigenvalue weighted by Gasteiger charge is 2.31. The molecule has 0 saturated heterocycles. The predicted molar refractivity (Wildman–Crippen MR) is 95.1 cm³/mol. The maximum Gasteiger partial charge on any atom is 0.262 e. The number of pyridine rings is 1. The Morgan fingerprint density at radius 1 is 1.15 bits per heavy atom. The monoisotopic (exact) mass is 369 g/mol. The van der Waals surface area contributed by atoms with Gasteiger partial charge in [-0.15, -0.1) is 0 Å². The Labute approximate surface area is 151 Å². The highest BCUT2D eigenvalue weighted by molar-refractivity contribution is 6.32. The van der Waals surface area contributed by atoms with Gasteiger partial charge in [0.15, 0.2) is 0 Å². The molecule has 2 amide bonds. The lowest BCUT2D eigenvalue weighted by molar-refractivity contribution is 0.0880. The zero-order valence-corrected chi connectivity index (χ0v) is 14.2. The van der Waals surface area contributed by atoms with E-state index >= 15 is 0 Å². The number of hydrogen-bond acceptors (Lipinski definition) is 5. The standard InChI is InChI=1S/C17H12ClN5O3/c1-8-20-4-5-22(8)12-3-2-9(6-11(12)18)23-13(24)7-10-14(15(23)19)17(26)21-16(10)25/h2-7H,19H2,1H3,(H,21,25,26). The number of rotatable bonds is 2. The van der Waals surface area contributed by atoms with Crippen molar-refractivity contribution in [1.29, 1.82) is 0 Å². The van der Waals surface area contributed by atoms with Crippen LogP contribution in [0.25, 0.3) is 11.4 Å². The van der Waals surface area contributed by atoms with E-state index in [1.807, 2.05) is 6.92 Å². The van der Waals surface area contributed by atoms with E-state index in [-0.39, 0.29) is 16.9 Å². The van der Waals surface area contributed by atoms with Gasteiger partial charge < -0.3 is 10.3 Å². The van der Waals surface area contributed by atoms with Crippen LogP contribution in [0.5, 0.6) is 0 Å². The maximum atomic E-state index is 12.5. The van der Waals surface area contributed by atoms with Gasteiger partial charge in [-0.1, -0.05) is 11.6 Å². The summed E-state index contributed by atoms with van der Waals surface area (Å²) < 4.78 is 2.94. The van der Waals surface area contributed by atoms with Gasteiger partial charge in [0.05, 0.1) is 27.5 Å². The number of amides is 2. The predicted octanol–water partition coefficient (Wildman–Crippen LogP) is 1.45. The molecule has 1 aliphatic rings. The second-order valence-corrected chi connectivity index (χ2v) is 6.16. The Balaban J connectivity index is 1.90. The van der Waals surface area contributed by atoms with Gasteiger partial charge in [0, 0.05) is 18.5 Å². The molecule has 2 aromatic heterocycles. The van der Waals surface area contributed by atoms with Gasteiger partial charge >= 0.3 is 0 Å². The van der Waals surface area contributed by atoms with Crippen LogP contribution in [0.2, 0.25) is 5.02 Å². The molecular weight excluding hydrogens is 358 g/mol. The SMILES string of the molecule is Cc1nccn1-c1ccc(-n2c(N)c3c(cc2=O)C(=O)NC3=O)cc1Cl. The van der Waals surface area contributed by atoms with Gasteiger partial charge in [0.1, 0.15) is 11.6 Å². The third kappa shape index (κ3) is 2.23. The Kier molecular flexibility index (Phi) is 3.45. The molecule has 0 atom stereocenters. The van der Waals surface area contributed by atoms with Crippen LogP contribution in [-0.4, -0.2) is 25.9 Å². The minimum absolute atomic E-state index is 0.0137. The van der Waals surface area contributed by atoms with Gasteiger partial charge in [-0.3, -0.25) is 24.3 Å². The van der Waals surface area contributed by atoms with E-state index in [9.17, 15) is 14.4 Å². The second kappa shape index (κ2) is 5.57. The largest absolute Gasteiger partial charge is 0.384 e. The lowest BCUT2D eigenvalue weighted by Gasteiger charge is -2.14. The van der Waals surface area contributed by atoms with Crippen molar-refractivity contribution < 1.29 is 9.59 Å². The van der Waals surface area contributed by atoms with Crippen LogP contribution in [0.15, 0.2) is 41.5 Å². The number of hydrogen-bond donors (Lipinski definition) is 2. The molecule has 3 aromatic rings. The van der Waals surface area contributed by atoms with Crippen LogP contribution in [0, 0.1) is 6.92 Å². The van der Waals surface area contributed by atoms with E-state index in [4.69, 9.17) is 17.3 Å². The smallest absolute Gasteiger partial charge is 0.262 e. The molecule has 8 nitrogen and oxygen atoms in total. The lowest BCUT2D eigenvalue weighted by atomic mass is 10.1. The third-order valence-electron chi connectivity index (χ3n) is 4.23. The molecule has 0 saturated carbocycles. The van der Waals surface area contributed by atoms with Gasteiger partial charge in [-0.05, 0) is 25.1 Å². The molecule has 4 rings (SSSR count). The molecule has 130 valence electrons. The zero-order chi connectivity index (χ0) is 18.6. The molecule has 0 aliphatic carbocycles. The van der Waals surface area contributed by atoms with E-state index in [2.05, 4.69) is 10.3 Å². The molecule has 3 N–H and O–H groups in total. The number of nitrogens with two attached hydrogens (primary N) is 1. The van der Waals surface area contributed by atoms with Crippen molar-refractivity contribution in [1.82, 2.24) is 19.4 Å². The number of halogens is 1. The van der Waals surface area contributed by atoms with Crippen LogP contribution in [0.3, 0.4) is 0 Å². The number of carbonyl (C=O) groups is 2. The summed E-state index contributed by atoms with van der Waals surface area (Å²) in [6.45, 7) is 1.84. The van der Waals surface area contributed by atoms with Crippen LogP contribution in [0.1, 0.15) is 26.5 Å². The fourth-order valence-electron chi connectivity index (χ4n) is 3.01. The first kappa shape index (κ1) is 16.1. The van der Waals surface area contributed by atoms with E-state index in [1.54, 1.807) is 35.2 Å².